The predicted octanol–water partition coefficient (Wildman–Crippen LogP) is 0.635. The van der Waals surface area contributed by atoms with E-state index < -0.39 is 6.04 Å². The largest absolute Gasteiger partial charge is 0.394 e. The molecule has 2 heterocycles. The van der Waals surface area contributed by atoms with Crippen LogP contribution < -0.4 is 5.73 Å². The summed E-state index contributed by atoms with van der Waals surface area (Å²) >= 11 is 0. The first kappa shape index (κ1) is 9.18. The third-order valence-electron chi connectivity index (χ3n) is 2.30. The van der Waals surface area contributed by atoms with E-state index in [1.807, 2.05) is 35.7 Å². The summed E-state index contributed by atoms with van der Waals surface area (Å²) in [6.45, 7) is 1.83. The number of nitrogens with zero attached hydrogens (tertiary/aromatic N) is 2. The maximum absolute atomic E-state index is 8.98. The van der Waals surface area contributed by atoms with Crippen LogP contribution in [0.2, 0.25) is 0 Å². The molecule has 4 heteroatoms. The van der Waals surface area contributed by atoms with Gasteiger partial charge in [-0.15, -0.1) is 0 Å². The smallest absolute Gasteiger partial charge is 0.110 e. The Kier molecular flexibility index (Phi) is 2.23. The van der Waals surface area contributed by atoms with E-state index in [-0.39, 0.29) is 6.61 Å². The highest BCUT2D eigenvalue weighted by Crippen LogP contribution is 2.17. The van der Waals surface area contributed by atoms with Crippen LogP contribution in [0, 0.1) is 6.92 Å². The van der Waals surface area contributed by atoms with E-state index >= 15 is 0 Å². The summed E-state index contributed by atoms with van der Waals surface area (Å²) in [4.78, 5) is 4.34. The molecule has 0 radical (unpaired) electrons. The van der Waals surface area contributed by atoms with Gasteiger partial charge in [-0.25, -0.2) is 4.98 Å². The average Bonchev–Trinajstić information content (AvgIpc) is 2.56. The Labute approximate surface area is 82.0 Å². The summed E-state index contributed by atoms with van der Waals surface area (Å²) in [7, 11) is 0. The van der Waals surface area contributed by atoms with Crippen LogP contribution in [-0.4, -0.2) is 21.1 Å². The van der Waals surface area contributed by atoms with Gasteiger partial charge >= 0.3 is 0 Å². The van der Waals surface area contributed by atoms with Gasteiger partial charge in [0.15, 0.2) is 0 Å². The van der Waals surface area contributed by atoms with Crippen molar-refractivity contribution in [3.05, 3.63) is 35.9 Å². The maximum atomic E-state index is 8.98. The molecule has 2 rings (SSSR count). The van der Waals surface area contributed by atoms with Crippen molar-refractivity contribution in [1.29, 1.82) is 0 Å². The van der Waals surface area contributed by atoms with Crippen LogP contribution in [0.25, 0.3) is 5.52 Å². The van der Waals surface area contributed by atoms with Crippen LogP contribution in [0.1, 0.15) is 17.6 Å². The Morgan fingerprint density at radius 2 is 2.36 bits per heavy atom. The molecule has 0 fully saturated rings. The fourth-order valence-corrected chi connectivity index (χ4v) is 1.58. The molecule has 1 unspecified atom stereocenters. The lowest BCUT2D eigenvalue weighted by Gasteiger charge is -2.04. The zero-order chi connectivity index (χ0) is 10.1. The second-order valence-electron chi connectivity index (χ2n) is 3.29. The van der Waals surface area contributed by atoms with Crippen molar-refractivity contribution in [3.63, 3.8) is 0 Å². The van der Waals surface area contributed by atoms with Gasteiger partial charge in [0, 0.05) is 6.20 Å². The van der Waals surface area contributed by atoms with Crippen LogP contribution in [0.4, 0.5) is 0 Å². The number of fused-ring (bicyclic) bond motifs is 1. The van der Waals surface area contributed by atoms with E-state index in [0.29, 0.717) is 0 Å². The van der Waals surface area contributed by atoms with Crippen molar-refractivity contribution in [2.24, 2.45) is 5.73 Å². The van der Waals surface area contributed by atoms with E-state index in [4.69, 9.17) is 10.8 Å². The number of aromatic nitrogens is 2. The number of rotatable bonds is 2. The molecule has 0 aliphatic heterocycles. The highest BCUT2D eigenvalue weighted by atomic mass is 16.3. The van der Waals surface area contributed by atoms with Crippen molar-refractivity contribution in [3.8, 4) is 0 Å². The third kappa shape index (κ3) is 1.29. The zero-order valence-electron chi connectivity index (χ0n) is 8.01. The molecule has 0 saturated heterocycles. The minimum atomic E-state index is -0.402. The summed E-state index contributed by atoms with van der Waals surface area (Å²) < 4.78 is 1.96. The Bertz CT molecular complexity index is 450. The summed E-state index contributed by atoms with van der Waals surface area (Å²) in [5, 5.41) is 8.98. The van der Waals surface area contributed by atoms with Gasteiger partial charge in [-0.3, -0.25) is 0 Å². The molecule has 4 nitrogen and oxygen atoms in total. The first-order valence-corrected chi connectivity index (χ1v) is 4.54. The van der Waals surface area contributed by atoms with Gasteiger partial charge in [-0.05, 0) is 19.1 Å². The molecule has 3 N–H and O–H groups in total. The highest BCUT2D eigenvalue weighted by molar-refractivity contribution is 5.54. The zero-order valence-corrected chi connectivity index (χ0v) is 8.01. The molecule has 2 aromatic rings. The van der Waals surface area contributed by atoms with E-state index in [1.165, 1.54) is 0 Å². The second-order valence-corrected chi connectivity index (χ2v) is 3.29. The molecule has 0 aromatic carbocycles. The number of aliphatic hydroxyl groups is 1. The van der Waals surface area contributed by atoms with Crippen LogP contribution in [0.5, 0.6) is 0 Å². The second kappa shape index (κ2) is 3.40. The molecule has 0 amide bonds. The molecule has 0 aliphatic carbocycles. The molecule has 1 atom stereocenters. The van der Waals surface area contributed by atoms with Crippen LogP contribution in [0.15, 0.2) is 24.4 Å². The lowest BCUT2D eigenvalue weighted by Crippen LogP contribution is -2.15. The van der Waals surface area contributed by atoms with Crippen molar-refractivity contribution in [1.82, 2.24) is 9.38 Å². The molecular weight excluding hydrogens is 178 g/mol. The summed E-state index contributed by atoms with van der Waals surface area (Å²) in [5.74, 6) is 0.888. The summed E-state index contributed by atoms with van der Waals surface area (Å²) in [6.07, 6.45) is 1.94. The van der Waals surface area contributed by atoms with Crippen LogP contribution >= 0.6 is 0 Å². The van der Waals surface area contributed by atoms with Gasteiger partial charge in [0.25, 0.3) is 0 Å². The Morgan fingerprint density at radius 1 is 1.57 bits per heavy atom. The number of imidazole rings is 1. The molecule has 14 heavy (non-hydrogen) atoms. The average molecular weight is 191 g/mol. The molecule has 2 aromatic heterocycles. The fourth-order valence-electron chi connectivity index (χ4n) is 1.58. The molecular formula is C10H13N3O. The van der Waals surface area contributed by atoms with Gasteiger partial charge in [-0.2, -0.15) is 0 Å². The Morgan fingerprint density at radius 3 is 3.07 bits per heavy atom. The number of nitrogens with two attached hydrogens (primary N) is 1. The Balaban J connectivity index is 2.66. The standard InChI is InChI=1S/C10H13N3O/c1-7-12-10(8(11)6-14)9-4-2-3-5-13(7)9/h2-5,8,14H,6,11H2,1H3. The topological polar surface area (TPSA) is 63.5 Å². The van der Waals surface area contributed by atoms with Crippen molar-refractivity contribution >= 4 is 5.52 Å². The van der Waals surface area contributed by atoms with Crippen molar-refractivity contribution in [2.45, 2.75) is 13.0 Å². The number of pyridine rings is 1. The molecule has 0 aliphatic rings. The lowest BCUT2D eigenvalue weighted by atomic mass is 10.2. The molecule has 74 valence electrons. The van der Waals surface area contributed by atoms with Gasteiger partial charge in [-0.1, -0.05) is 6.07 Å². The third-order valence-corrected chi connectivity index (χ3v) is 2.30. The summed E-state index contributed by atoms with van der Waals surface area (Å²) in [6, 6.07) is 5.42. The normalized spacial score (nSPS) is 13.4. The van der Waals surface area contributed by atoms with E-state index in [9.17, 15) is 0 Å². The van der Waals surface area contributed by atoms with E-state index in [0.717, 1.165) is 17.0 Å². The maximum Gasteiger partial charge on any atom is 0.110 e. The van der Waals surface area contributed by atoms with Crippen LogP contribution in [-0.2, 0) is 0 Å². The quantitative estimate of drug-likeness (QED) is 0.732. The lowest BCUT2D eigenvalue weighted by molar-refractivity contribution is 0.266. The van der Waals surface area contributed by atoms with E-state index in [1.54, 1.807) is 0 Å². The first-order valence-electron chi connectivity index (χ1n) is 4.54. The fraction of sp³-hybridized carbons (Fsp3) is 0.300. The SMILES string of the molecule is Cc1nc(C(N)CO)c2ccccn12. The van der Waals surface area contributed by atoms with Crippen LogP contribution in [0.3, 0.4) is 0 Å². The number of aryl methyl sites for hydroxylation is 1. The monoisotopic (exact) mass is 191 g/mol. The van der Waals surface area contributed by atoms with Gasteiger partial charge in [0.2, 0.25) is 0 Å². The number of hydrogen-bond acceptors (Lipinski definition) is 3. The number of hydrogen-bond donors (Lipinski definition) is 2. The van der Waals surface area contributed by atoms with Gasteiger partial charge in [0.05, 0.1) is 23.9 Å². The van der Waals surface area contributed by atoms with Gasteiger partial charge < -0.3 is 15.2 Å². The highest BCUT2D eigenvalue weighted by Gasteiger charge is 2.13. The molecule has 0 saturated carbocycles. The molecule has 0 bridgehead atoms. The first-order chi connectivity index (χ1) is 6.74. The van der Waals surface area contributed by atoms with Crippen molar-refractivity contribution < 1.29 is 5.11 Å². The van der Waals surface area contributed by atoms with Crippen molar-refractivity contribution in [2.75, 3.05) is 6.61 Å². The summed E-state index contributed by atoms with van der Waals surface area (Å²) in [5.41, 5.74) is 7.47. The number of aliphatic hydroxyl groups excluding tert-OH is 1. The minimum absolute atomic E-state index is 0.0823. The minimum Gasteiger partial charge on any atom is -0.394 e. The van der Waals surface area contributed by atoms with E-state index in [2.05, 4.69) is 4.98 Å². The predicted molar refractivity (Wildman–Crippen MR) is 53.9 cm³/mol. The molecule has 0 spiro atoms. The van der Waals surface area contributed by atoms with Gasteiger partial charge in [0.1, 0.15) is 5.82 Å². The Hall–Kier alpha value is -1.39.